The maximum absolute atomic E-state index is 12.2. The third kappa shape index (κ3) is 4.07. The molecule has 5 nitrogen and oxygen atoms in total. The van der Waals surface area contributed by atoms with E-state index in [9.17, 15) is 4.79 Å². The molecule has 0 bridgehead atoms. The van der Waals surface area contributed by atoms with E-state index < -0.39 is 0 Å². The molecular weight excluding hydrogens is 314 g/mol. The number of amides is 1. The van der Waals surface area contributed by atoms with Crippen LogP contribution in [0.3, 0.4) is 0 Å². The van der Waals surface area contributed by atoms with Gasteiger partial charge in [0, 0.05) is 36.3 Å². The van der Waals surface area contributed by atoms with E-state index in [1.165, 1.54) is 6.33 Å². The topological polar surface area (TPSA) is 55.3 Å². The van der Waals surface area contributed by atoms with Gasteiger partial charge in [0.2, 0.25) is 11.8 Å². The molecule has 23 heavy (non-hydrogen) atoms. The van der Waals surface area contributed by atoms with Crippen molar-refractivity contribution in [2.75, 3.05) is 13.1 Å². The summed E-state index contributed by atoms with van der Waals surface area (Å²) in [5.41, 5.74) is 0.829. The number of likely N-dealkylation sites (tertiary alicyclic amines) is 1. The van der Waals surface area contributed by atoms with E-state index in [0.717, 1.165) is 12.0 Å². The first-order valence-corrected chi connectivity index (χ1v) is 7.74. The number of nitrogens with zero attached hydrogens (tertiary/aromatic N) is 3. The SMILES string of the molecule is O=C(/C=C/c1ccccc1Cl)N1CC[C@H](Oc2ccncn2)C1. The largest absolute Gasteiger partial charge is 0.472 e. The molecule has 0 unspecified atom stereocenters. The highest BCUT2D eigenvalue weighted by molar-refractivity contribution is 6.32. The molecular formula is C17H16ClN3O2. The van der Waals surface area contributed by atoms with Gasteiger partial charge in [0.1, 0.15) is 12.4 Å². The van der Waals surface area contributed by atoms with Crippen molar-refractivity contribution < 1.29 is 9.53 Å². The molecule has 118 valence electrons. The van der Waals surface area contributed by atoms with Crippen molar-refractivity contribution in [1.82, 2.24) is 14.9 Å². The minimum Gasteiger partial charge on any atom is -0.472 e. The van der Waals surface area contributed by atoms with Crippen molar-refractivity contribution >= 4 is 23.6 Å². The van der Waals surface area contributed by atoms with Crippen LogP contribution in [0.25, 0.3) is 6.08 Å². The summed E-state index contributed by atoms with van der Waals surface area (Å²) >= 11 is 6.07. The number of rotatable bonds is 4. The zero-order chi connectivity index (χ0) is 16.1. The molecule has 1 aliphatic heterocycles. The van der Waals surface area contributed by atoms with Crippen LogP contribution in [0.4, 0.5) is 0 Å². The van der Waals surface area contributed by atoms with Crippen LogP contribution in [0.1, 0.15) is 12.0 Å². The third-order valence-electron chi connectivity index (χ3n) is 3.61. The van der Waals surface area contributed by atoms with Crippen molar-refractivity contribution in [3.8, 4) is 5.88 Å². The minimum absolute atomic E-state index is 0.0393. The van der Waals surface area contributed by atoms with Gasteiger partial charge in [0.15, 0.2) is 0 Å². The van der Waals surface area contributed by atoms with Crippen molar-refractivity contribution in [3.63, 3.8) is 0 Å². The van der Waals surface area contributed by atoms with Crippen LogP contribution in [0.15, 0.2) is 48.9 Å². The summed E-state index contributed by atoms with van der Waals surface area (Å²) in [7, 11) is 0. The maximum atomic E-state index is 12.2. The molecule has 1 amide bonds. The van der Waals surface area contributed by atoms with Crippen LogP contribution in [-0.2, 0) is 4.79 Å². The van der Waals surface area contributed by atoms with Crippen LogP contribution in [0.2, 0.25) is 5.02 Å². The molecule has 0 saturated carbocycles. The normalized spacial score (nSPS) is 17.6. The van der Waals surface area contributed by atoms with E-state index in [1.807, 2.05) is 18.2 Å². The molecule has 1 atom stereocenters. The molecule has 2 heterocycles. The number of benzene rings is 1. The van der Waals surface area contributed by atoms with Crippen LogP contribution in [-0.4, -0.2) is 40.0 Å². The molecule has 3 rings (SSSR count). The molecule has 1 aliphatic rings. The lowest BCUT2D eigenvalue weighted by atomic mass is 10.2. The fourth-order valence-electron chi connectivity index (χ4n) is 2.42. The smallest absolute Gasteiger partial charge is 0.246 e. The molecule has 0 N–H and O–H groups in total. The summed E-state index contributed by atoms with van der Waals surface area (Å²) in [6.45, 7) is 1.22. The number of carbonyl (C=O) groups is 1. The molecule has 0 spiro atoms. The number of hydrogen-bond acceptors (Lipinski definition) is 4. The summed E-state index contributed by atoms with van der Waals surface area (Å²) < 4.78 is 5.75. The fourth-order valence-corrected chi connectivity index (χ4v) is 2.62. The van der Waals surface area contributed by atoms with E-state index in [0.29, 0.717) is 24.0 Å². The predicted molar refractivity (Wildman–Crippen MR) is 88.1 cm³/mol. The lowest BCUT2D eigenvalue weighted by molar-refractivity contribution is -0.125. The van der Waals surface area contributed by atoms with Gasteiger partial charge in [0.05, 0.1) is 6.54 Å². The molecule has 2 aromatic rings. The van der Waals surface area contributed by atoms with E-state index in [-0.39, 0.29) is 12.0 Å². The van der Waals surface area contributed by atoms with Gasteiger partial charge in [0.25, 0.3) is 0 Å². The number of ether oxygens (including phenoxy) is 1. The van der Waals surface area contributed by atoms with Crippen LogP contribution in [0, 0.1) is 0 Å². The van der Waals surface area contributed by atoms with Crippen LogP contribution in [0.5, 0.6) is 5.88 Å². The third-order valence-corrected chi connectivity index (χ3v) is 3.95. The number of carbonyl (C=O) groups excluding carboxylic acids is 1. The Morgan fingerprint density at radius 3 is 3.00 bits per heavy atom. The minimum atomic E-state index is -0.0429. The van der Waals surface area contributed by atoms with Gasteiger partial charge in [-0.1, -0.05) is 29.8 Å². The Morgan fingerprint density at radius 2 is 2.22 bits per heavy atom. The molecule has 1 saturated heterocycles. The van der Waals surface area contributed by atoms with E-state index in [1.54, 1.807) is 35.4 Å². The first-order valence-electron chi connectivity index (χ1n) is 7.36. The second-order valence-corrected chi connectivity index (χ2v) is 5.62. The summed E-state index contributed by atoms with van der Waals surface area (Å²) in [6, 6.07) is 9.13. The number of aromatic nitrogens is 2. The second kappa shape index (κ2) is 7.24. The molecule has 0 radical (unpaired) electrons. The lowest BCUT2D eigenvalue weighted by Gasteiger charge is -2.15. The molecule has 1 fully saturated rings. The molecule has 1 aromatic heterocycles. The number of hydrogen-bond donors (Lipinski definition) is 0. The monoisotopic (exact) mass is 329 g/mol. The average molecular weight is 330 g/mol. The Labute approximate surface area is 139 Å². The maximum Gasteiger partial charge on any atom is 0.246 e. The highest BCUT2D eigenvalue weighted by atomic mass is 35.5. The van der Waals surface area contributed by atoms with Gasteiger partial charge >= 0.3 is 0 Å². The van der Waals surface area contributed by atoms with Gasteiger partial charge < -0.3 is 9.64 Å². The lowest BCUT2D eigenvalue weighted by Crippen LogP contribution is -2.29. The number of halogens is 1. The van der Waals surface area contributed by atoms with Gasteiger partial charge in [-0.2, -0.15) is 0 Å². The summed E-state index contributed by atoms with van der Waals surface area (Å²) in [5.74, 6) is 0.490. The molecule has 6 heteroatoms. The second-order valence-electron chi connectivity index (χ2n) is 5.22. The standard InChI is InChI=1S/C17H16ClN3O2/c18-15-4-2-1-3-13(15)5-6-17(22)21-10-8-14(11-21)23-16-7-9-19-12-20-16/h1-7,9,12,14H,8,10-11H2/b6-5+/t14-/m0/s1. The Hall–Kier alpha value is -2.40. The Balaban J connectivity index is 1.56. The summed E-state index contributed by atoms with van der Waals surface area (Å²) in [6.07, 6.45) is 7.11. The average Bonchev–Trinajstić information content (AvgIpc) is 3.03. The quantitative estimate of drug-likeness (QED) is 0.809. The van der Waals surface area contributed by atoms with E-state index >= 15 is 0 Å². The highest BCUT2D eigenvalue weighted by Crippen LogP contribution is 2.18. The fraction of sp³-hybridized carbons (Fsp3) is 0.235. The van der Waals surface area contributed by atoms with Crippen molar-refractivity contribution in [2.45, 2.75) is 12.5 Å². The first kappa shape index (κ1) is 15.5. The van der Waals surface area contributed by atoms with Gasteiger partial charge in [-0.25, -0.2) is 9.97 Å². The van der Waals surface area contributed by atoms with Crippen molar-refractivity contribution in [2.24, 2.45) is 0 Å². The molecule has 0 aliphatic carbocycles. The Kier molecular flexibility index (Phi) is 4.88. The van der Waals surface area contributed by atoms with E-state index in [4.69, 9.17) is 16.3 Å². The Morgan fingerprint density at radius 1 is 1.35 bits per heavy atom. The van der Waals surface area contributed by atoms with Crippen LogP contribution < -0.4 is 4.74 Å². The van der Waals surface area contributed by atoms with Crippen molar-refractivity contribution in [1.29, 1.82) is 0 Å². The van der Waals surface area contributed by atoms with Crippen molar-refractivity contribution in [3.05, 3.63) is 59.5 Å². The van der Waals surface area contributed by atoms with Gasteiger partial charge in [-0.15, -0.1) is 0 Å². The zero-order valence-electron chi connectivity index (χ0n) is 12.4. The predicted octanol–water partition coefficient (Wildman–Crippen LogP) is 2.82. The highest BCUT2D eigenvalue weighted by Gasteiger charge is 2.26. The van der Waals surface area contributed by atoms with E-state index in [2.05, 4.69) is 9.97 Å². The first-order chi connectivity index (χ1) is 11.2. The van der Waals surface area contributed by atoms with Crippen LogP contribution >= 0.6 is 11.6 Å². The summed E-state index contributed by atoms with van der Waals surface area (Å²) in [5, 5.41) is 0.628. The van der Waals surface area contributed by atoms with Gasteiger partial charge in [-0.3, -0.25) is 4.79 Å². The molecule has 1 aromatic carbocycles. The Bertz CT molecular complexity index is 706. The summed E-state index contributed by atoms with van der Waals surface area (Å²) in [4.78, 5) is 21.9. The van der Waals surface area contributed by atoms with Gasteiger partial charge in [-0.05, 0) is 17.7 Å². The zero-order valence-corrected chi connectivity index (χ0v) is 13.2.